The number of hydrogen-bond acceptors (Lipinski definition) is 4. The minimum atomic E-state index is -4.42. The molecule has 4 aromatic rings. The first-order chi connectivity index (χ1) is 16.7. The Kier molecular flexibility index (Phi) is 5.59. The summed E-state index contributed by atoms with van der Waals surface area (Å²) in [7, 11) is 0. The zero-order chi connectivity index (χ0) is 24.8. The van der Waals surface area contributed by atoms with Gasteiger partial charge in [0.2, 0.25) is 5.91 Å². The van der Waals surface area contributed by atoms with Crippen molar-refractivity contribution in [2.24, 2.45) is 0 Å². The van der Waals surface area contributed by atoms with Crippen LogP contribution in [0.15, 0.2) is 73.1 Å². The molecule has 1 saturated heterocycles. The lowest BCUT2D eigenvalue weighted by Crippen LogP contribution is -2.59. The quantitative estimate of drug-likeness (QED) is 0.467. The fourth-order valence-corrected chi connectivity index (χ4v) is 4.60. The van der Waals surface area contributed by atoms with Crippen LogP contribution < -0.4 is 0 Å². The Morgan fingerprint density at radius 2 is 1.74 bits per heavy atom. The Hall–Kier alpha value is -3.72. The van der Waals surface area contributed by atoms with Gasteiger partial charge in [0.15, 0.2) is 5.65 Å². The Bertz CT molecular complexity index is 1360. The number of alkyl halides is 3. The van der Waals surface area contributed by atoms with E-state index in [4.69, 9.17) is 0 Å². The topological polar surface area (TPSA) is 70.7 Å². The minimum Gasteiger partial charge on any atom is -0.389 e. The summed E-state index contributed by atoms with van der Waals surface area (Å²) in [5, 5.41) is 14.3. The van der Waals surface area contributed by atoms with Gasteiger partial charge in [0.25, 0.3) is 0 Å². The number of carbonyl (C=O) groups excluding carboxylic acids is 1. The van der Waals surface area contributed by atoms with Gasteiger partial charge in [-0.05, 0) is 42.7 Å². The second-order valence-electron chi connectivity index (χ2n) is 9.06. The van der Waals surface area contributed by atoms with Gasteiger partial charge in [0.05, 0.1) is 29.0 Å². The number of aromatic nitrogens is 3. The number of aliphatic hydroxyl groups excluding tert-OH is 1. The van der Waals surface area contributed by atoms with E-state index in [9.17, 15) is 23.1 Å². The molecule has 1 aliphatic rings. The monoisotopic (exact) mass is 480 g/mol. The van der Waals surface area contributed by atoms with E-state index < -0.39 is 23.3 Å². The average molecular weight is 480 g/mol. The maximum atomic E-state index is 13.7. The third-order valence-corrected chi connectivity index (χ3v) is 6.51. The van der Waals surface area contributed by atoms with Gasteiger partial charge in [-0.25, -0.2) is 9.50 Å². The van der Waals surface area contributed by atoms with Crippen molar-refractivity contribution in [3.8, 4) is 11.1 Å². The minimum absolute atomic E-state index is 0.134. The van der Waals surface area contributed by atoms with Crippen LogP contribution in [0.1, 0.15) is 23.7 Å². The summed E-state index contributed by atoms with van der Waals surface area (Å²) in [6.07, 6.45) is -1.42. The van der Waals surface area contributed by atoms with E-state index in [-0.39, 0.29) is 19.0 Å². The van der Waals surface area contributed by atoms with E-state index in [1.54, 1.807) is 27.9 Å². The molecule has 0 saturated carbocycles. The van der Waals surface area contributed by atoms with Crippen LogP contribution in [0.25, 0.3) is 16.8 Å². The molecule has 2 aromatic carbocycles. The number of nitrogens with zero attached hydrogens (tertiary/aromatic N) is 4. The SMILES string of the molecule is CC(Cc1ccccc1)(C(=O)N1CC(O)C1)c1ccnc2c(-c3ccc(C(F)(F)F)cc3)cnn12. The van der Waals surface area contributed by atoms with Crippen LogP contribution in [0.4, 0.5) is 13.2 Å². The normalized spacial score (nSPS) is 16.2. The predicted molar refractivity (Wildman–Crippen MR) is 124 cm³/mol. The Morgan fingerprint density at radius 3 is 2.37 bits per heavy atom. The lowest BCUT2D eigenvalue weighted by Gasteiger charge is -2.42. The molecule has 1 aliphatic heterocycles. The standard InChI is InChI=1S/C26H23F3N4O2/c1-25(13-17-5-3-2-4-6-17,24(35)32-15-20(34)16-32)22-11-12-30-23-21(14-31-33(22)23)18-7-9-19(10-8-18)26(27,28)29/h2-12,14,20,34H,13,15-16H2,1H3. The third-order valence-electron chi connectivity index (χ3n) is 6.51. The van der Waals surface area contributed by atoms with Crippen molar-refractivity contribution in [2.45, 2.75) is 31.0 Å². The number of carbonyl (C=O) groups is 1. The van der Waals surface area contributed by atoms with Crippen molar-refractivity contribution in [1.82, 2.24) is 19.5 Å². The molecule has 0 spiro atoms. The molecule has 1 fully saturated rings. The van der Waals surface area contributed by atoms with Crippen molar-refractivity contribution < 1.29 is 23.1 Å². The molecule has 1 atom stereocenters. The van der Waals surface area contributed by atoms with E-state index in [0.29, 0.717) is 28.9 Å². The Morgan fingerprint density at radius 1 is 1.06 bits per heavy atom. The van der Waals surface area contributed by atoms with E-state index in [1.165, 1.54) is 12.1 Å². The molecule has 0 bridgehead atoms. The summed E-state index contributed by atoms with van der Waals surface area (Å²) < 4.78 is 40.6. The molecule has 1 N–H and O–H groups in total. The lowest BCUT2D eigenvalue weighted by atomic mass is 9.78. The largest absolute Gasteiger partial charge is 0.416 e. The molecule has 0 radical (unpaired) electrons. The highest BCUT2D eigenvalue weighted by atomic mass is 19.4. The van der Waals surface area contributed by atoms with Crippen molar-refractivity contribution in [3.05, 3.63) is 89.9 Å². The van der Waals surface area contributed by atoms with E-state index in [2.05, 4.69) is 10.1 Å². The zero-order valence-electron chi connectivity index (χ0n) is 18.9. The van der Waals surface area contributed by atoms with Gasteiger partial charge >= 0.3 is 6.18 Å². The summed E-state index contributed by atoms with van der Waals surface area (Å²) in [6, 6.07) is 16.2. The van der Waals surface area contributed by atoms with Crippen LogP contribution in [0.2, 0.25) is 0 Å². The second-order valence-corrected chi connectivity index (χ2v) is 9.06. The molecule has 2 aromatic heterocycles. The van der Waals surface area contributed by atoms with Crippen LogP contribution in [0.5, 0.6) is 0 Å². The molecular formula is C26H23F3N4O2. The number of fused-ring (bicyclic) bond motifs is 1. The first kappa shape index (κ1) is 23.0. The van der Waals surface area contributed by atoms with Gasteiger partial charge in [-0.1, -0.05) is 42.5 Å². The van der Waals surface area contributed by atoms with Crippen molar-refractivity contribution >= 4 is 11.6 Å². The summed E-state index contributed by atoms with van der Waals surface area (Å²) >= 11 is 0. The molecule has 9 heteroatoms. The second kappa shape index (κ2) is 8.49. The number of aliphatic hydroxyl groups is 1. The smallest absolute Gasteiger partial charge is 0.389 e. The highest BCUT2D eigenvalue weighted by molar-refractivity contribution is 5.89. The van der Waals surface area contributed by atoms with E-state index >= 15 is 0 Å². The molecule has 6 nitrogen and oxygen atoms in total. The molecule has 0 aliphatic carbocycles. The first-order valence-corrected chi connectivity index (χ1v) is 11.2. The molecule has 1 amide bonds. The van der Waals surface area contributed by atoms with E-state index in [0.717, 1.165) is 17.7 Å². The average Bonchev–Trinajstić information content (AvgIpc) is 3.26. The van der Waals surface area contributed by atoms with Crippen LogP contribution in [0.3, 0.4) is 0 Å². The molecule has 5 rings (SSSR count). The molecule has 1 unspecified atom stereocenters. The van der Waals surface area contributed by atoms with E-state index in [1.807, 2.05) is 37.3 Å². The fourth-order valence-electron chi connectivity index (χ4n) is 4.60. The van der Waals surface area contributed by atoms with Gasteiger partial charge in [0, 0.05) is 24.8 Å². The summed E-state index contributed by atoms with van der Waals surface area (Å²) in [6.45, 7) is 2.39. The van der Waals surface area contributed by atoms with Crippen molar-refractivity contribution in [1.29, 1.82) is 0 Å². The first-order valence-electron chi connectivity index (χ1n) is 11.2. The number of rotatable bonds is 5. The fraction of sp³-hybridized carbons (Fsp3) is 0.269. The highest BCUT2D eigenvalue weighted by Crippen LogP contribution is 2.35. The number of hydrogen-bond donors (Lipinski definition) is 1. The van der Waals surface area contributed by atoms with Crippen molar-refractivity contribution in [2.75, 3.05) is 13.1 Å². The molecule has 3 heterocycles. The van der Waals surface area contributed by atoms with Crippen LogP contribution in [-0.4, -0.2) is 49.7 Å². The number of benzene rings is 2. The number of halogens is 3. The van der Waals surface area contributed by atoms with Crippen LogP contribution >= 0.6 is 0 Å². The Balaban J connectivity index is 1.59. The van der Waals surface area contributed by atoms with Gasteiger partial charge in [-0.15, -0.1) is 0 Å². The summed E-state index contributed by atoms with van der Waals surface area (Å²) in [5.41, 5.74) is 1.36. The van der Waals surface area contributed by atoms with Gasteiger partial charge < -0.3 is 10.0 Å². The van der Waals surface area contributed by atoms with Gasteiger partial charge in [-0.3, -0.25) is 4.79 Å². The number of amides is 1. The maximum Gasteiger partial charge on any atom is 0.416 e. The summed E-state index contributed by atoms with van der Waals surface area (Å²) in [4.78, 5) is 19.8. The molecule has 35 heavy (non-hydrogen) atoms. The van der Waals surface area contributed by atoms with Crippen LogP contribution in [-0.2, 0) is 22.8 Å². The van der Waals surface area contributed by atoms with Gasteiger partial charge in [-0.2, -0.15) is 18.3 Å². The highest BCUT2D eigenvalue weighted by Gasteiger charge is 2.44. The number of β-amino-alcohol motifs (C(OH)–C–C–N with tert-alkyl or cyclic N) is 1. The van der Waals surface area contributed by atoms with Crippen molar-refractivity contribution in [3.63, 3.8) is 0 Å². The molecule has 180 valence electrons. The van der Waals surface area contributed by atoms with Crippen LogP contribution in [0, 0.1) is 0 Å². The number of likely N-dealkylation sites (tertiary alicyclic amines) is 1. The zero-order valence-corrected chi connectivity index (χ0v) is 18.9. The third kappa shape index (κ3) is 4.16. The maximum absolute atomic E-state index is 13.7. The summed E-state index contributed by atoms with van der Waals surface area (Å²) in [5.74, 6) is -0.134. The van der Waals surface area contributed by atoms with Gasteiger partial charge in [0.1, 0.15) is 0 Å². The Labute approximate surface area is 199 Å². The predicted octanol–water partition coefficient (Wildman–Crippen LogP) is 4.12. The molecular weight excluding hydrogens is 457 g/mol. The lowest BCUT2D eigenvalue weighted by molar-refractivity contribution is -0.147.